The number of carbonyl (C=O) groups is 2. The molecule has 1 heterocycles. The van der Waals surface area contributed by atoms with E-state index in [9.17, 15) is 9.59 Å². The number of hydrogen-bond donors (Lipinski definition) is 2. The monoisotopic (exact) mass is 288 g/mol. The Labute approximate surface area is 121 Å². The molecule has 4 nitrogen and oxygen atoms in total. The summed E-state index contributed by atoms with van der Waals surface area (Å²) in [6, 6.07) is 10.6. The molecule has 3 N–H and O–H groups in total. The van der Waals surface area contributed by atoms with Crippen LogP contribution in [0.4, 0.5) is 4.79 Å². The lowest BCUT2D eigenvalue weighted by molar-refractivity contribution is 0.104. The van der Waals surface area contributed by atoms with E-state index in [0.29, 0.717) is 12.1 Å². The minimum absolute atomic E-state index is 0.0365. The topological polar surface area (TPSA) is 72.2 Å². The van der Waals surface area contributed by atoms with Gasteiger partial charge in [0.05, 0.1) is 4.88 Å². The molecule has 1 aromatic heterocycles. The van der Waals surface area contributed by atoms with Crippen LogP contribution in [0.5, 0.6) is 0 Å². The largest absolute Gasteiger partial charge is 0.352 e. The summed E-state index contributed by atoms with van der Waals surface area (Å²) in [5.74, 6) is 0.183. The second-order valence-corrected chi connectivity index (χ2v) is 5.52. The predicted octanol–water partition coefficient (Wildman–Crippen LogP) is 2.75. The average Bonchev–Trinajstić information content (AvgIpc) is 2.98. The van der Waals surface area contributed by atoms with Crippen molar-refractivity contribution in [3.8, 4) is 0 Å². The predicted molar refractivity (Wildman–Crippen MR) is 80.2 cm³/mol. The van der Waals surface area contributed by atoms with Crippen molar-refractivity contribution in [2.24, 2.45) is 5.73 Å². The molecule has 0 spiro atoms. The van der Waals surface area contributed by atoms with Gasteiger partial charge in [-0.3, -0.25) is 4.79 Å². The smallest absolute Gasteiger partial charge is 0.312 e. The highest BCUT2D eigenvalue weighted by Crippen LogP contribution is 2.19. The molecule has 0 aliphatic carbocycles. The molecular formula is C15H16N2O2S. The van der Waals surface area contributed by atoms with Gasteiger partial charge >= 0.3 is 6.03 Å². The van der Waals surface area contributed by atoms with Crippen molar-refractivity contribution in [3.63, 3.8) is 0 Å². The van der Waals surface area contributed by atoms with Crippen molar-refractivity contribution in [3.05, 3.63) is 57.8 Å². The number of nitrogens with one attached hydrogen (secondary N) is 1. The molecule has 0 bridgehead atoms. The Balaban J connectivity index is 2.06. The fourth-order valence-electron chi connectivity index (χ4n) is 1.88. The van der Waals surface area contributed by atoms with Crippen molar-refractivity contribution in [1.29, 1.82) is 0 Å². The second kappa shape index (κ2) is 6.34. The second-order valence-electron chi connectivity index (χ2n) is 4.57. The SMILES string of the molecule is CC(CNC(N)=O)c1ccc(C(=O)c2cccs2)cc1. The maximum atomic E-state index is 12.1. The molecule has 0 saturated heterocycles. The van der Waals surface area contributed by atoms with E-state index in [0.717, 1.165) is 10.4 Å². The quantitative estimate of drug-likeness (QED) is 0.830. The molecule has 0 aliphatic rings. The van der Waals surface area contributed by atoms with Crippen molar-refractivity contribution in [1.82, 2.24) is 5.32 Å². The molecule has 0 radical (unpaired) electrons. The molecule has 1 unspecified atom stereocenters. The van der Waals surface area contributed by atoms with Gasteiger partial charge in [0.25, 0.3) is 0 Å². The lowest BCUT2D eigenvalue weighted by Gasteiger charge is -2.12. The normalized spacial score (nSPS) is 11.8. The summed E-state index contributed by atoms with van der Waals surface area (Å²) >= 11 is 1.44. The van der Waals surface area contributed by atoms with Gasteiger partial charge in [0.1, 0.15) is 0 Å². The number of rotatable bonds is 5. The number of ketones is 1. The van der Waals surface area contributed by atoms with Crippen molar-refractivity contribution in [2.75, 3.05) is 6.54 Å². The molecule has 2 rings (SSSR count). The first-order valence-electron chi connectivity index (χ1n) is 6.29. The van der Waals surface area contributed by atoms with Gasteiger partial charge in [-0.1, -0.05) is 37.3 Å². The first kappa shape index (κ1) is 14.3. The fourth-order valence-corrected chi connectivity index (χ4v) is 2.57. The van der Waals surface area contributed by atoms with Crippen LogP contribution in [-0.2, 0) is 0 Å². The van der Waals surface area contributed by atoms with Gasteiger partial charge in [0.2, 0.25) is 5.78 Å². The highest BCUT2D eigenvalue weighted by molar-refractivity contribution is 7.12. The standard InChI is InChI=1S/C15H16N2O2S/c1-10(9-17-15(16)19)11-4-6-12(7-5-11)14(18)13-3-2-8-20-13/h2-8,10H,9H2,1H3,(H3,16,17,19). The summed E-state index contributed by atoms with van der Waals surface area (Å²) in [6.07, 6.45) is 0. The van der Waals surface area contributed by atoms with E-state index in [4.69, 9.17) is 5.73 Å². The number of nitrogens with two attached hydrogens (primary N) is 1. The van der Waals surface area contributed by atoms with E-state index in [1.807, 2.05) is 48.7 Å². The molecule has 1 atom stereocenters. The number of thiophene rings is 1. The summed E-state index contributed by atoms with van der Waals surface area (Å²) in [6.45, 7) is 2.47. The third kappa shape index (κ3) is 3.45. The maximum Gasteiger partial charge on any atom is 0.312 e. The fraction of sp³-hybridized carbons (Fsp3) is 0.200. The van der Waals surface area contributed by atoms with Crippen LogP contribution in [0, 0.1) is 0 Å². The Morgan fingerprint density at radius 3 is 2.50 bits per heavy atom. The summed E-state index contributed by atoms with van der Waals surface area (Å²) in [5, 5.41) is 4.47. The summed E-state index contributed by atoms with van der Waals surface area (Å²) in [5.41, 5.74) is 6.77. The third-order valence-corrected chi connectivity index (χ3v) is 3.94. The van der Waals surface area contributed by atoms with E-state index in [-0.39, 0.29) is 11.7 Å². The Bertz CT molecular complexity index is 591. The molecule has 2 aromatic rings. The summed E-state index contributed by atoms with van der Waals surface area (Å²) < 4.78 is 0. The van der Waals surface area contributed by atoms with Gasteiger partial charge in [-0.05, 0) is 22.9 Å². The van der Waals surface area contributed by atoms with Crippen LogP contribution in [0.1, 0.15) is 33.6 Å². The number of hydrogen-bond acceptors (Lipinski definition) is 3. The average molecular weight is 288 g/mol. The van der Waals surface area contributed by atoms with Crippen LogP contribution in [0.15, 0.2) is 41.8 Å². The van der Waals surface area contributed by atoms with Gasteiger partial charge in [-0.2, -0.15) is 0 Å². The Kier molecular flexibility index (Phi) is 4.53. The van der Waals surface area contributed by atoms with E-state index in [2.05, 4.69) is 5.32 Å². The minimum atomic E-state index is -0.527. The van der Waals surface area contributed by atoms with E-state index in [1.165, 1.54) is 11.3 Å². The number of urea groups is 1. The molecule has 20 heavy (non-hydrogen) atoms. The van der Waals surface area contributed by atoms with Gasteiger partial charge in [0.15, 0.2) is 0 Å². The molecule has 0 saturated carbocycles. The zero-order chi connectivity index (χ0) is 14.5. The van der Waals surface area contributed by atoms with Crippen LogP contribution < -0.4 is 11.1 Å². The van der Waals surface area contributed by atoms with Crippen molar-refractivity contribution < 1.29 is 9.59 Å². The Morgan fingerprint density at radius 1 is 1.25 bits per heavy atom. The molecule has 104 valence electrons. The minimum Gasteiger partial charge on any atom is -0.352 e. The molecule has 1 aromatic carbocycles. The molecule has 0 aliphatic heterocycles. The first-order valence-corrected chi connectivity index (χ1v) is 7.17. The van der Waals surface area contributed by atoms with Gasteiger partial charge in [0, 0.05) is 12.1 Å². The number of primary amides is 1. The zero-order valence-electron chi connectivity index (χ0n) is 11.1. The van der Waals surface area contributed by atoms with Crippen LogP contribution >= 0.6 is 11.3 Å². The van der Waals surface area contributed by atoms with Crippen LogP contribution in [-0.4, -0.2) is 18.4 Å². The molecular weight excluding hydrogens is 272 g/mol. The van der Waals surface area contributed by atoms with E-state index >= 15 is 0 Å². The zero-order valence-corrected chi connectivity index (χ0v) is 11.9. The lowest BCUT2D eigenvalue weighted by atomic mass is 9.98. The maximum absolute atomic E-state index is 12.1. The van der Waals surface area contributed by atoms with Crippen LogP contribution in [0.3, 0.4) is 0 Å². The van der Waals surface area contributed by atoms with E-state index in [1.54, 1.807) is 0 Å². The molecule has 5 heteroatoms. The van der Waals surface area contributed by atoms with Crippen LogP contribution in [0.25, 0.3) is 0 Å². The lowest BCUT2D eigenvalue weighted by Crippen LogP contribution is -2.32. The highest BCUT2D eigenvalue weighted by Gasteiger charge is 2.11. The van der Waals surface area contributed by atoms with Gasteiger partial charge in [-0.25, -0.2) is 4.79 Å². The molecule has 2 amide bonds. The summed E-state index contributed by atoms with van der Waals surface area (Å²) in [4.78, 5) is 23.6. The Hall–Kier alpha value is -2.14. The molecule has 0 fully saturated rings. The number of benzene rings is 1. The van der Waals surface area contributed by atoms with Crippen molar-refractivity contribution >= 4 is 23.2 Å². The third-order valence-electron chi connectivity index (χ3n) is 3.07. The van der Waals surface area contributed by atoms with Gasteiger partial charge < -0.3 is 11.1 Å². The highest BCUT2D eigenvalue weighted by atomic mass is 32.1. The van der Waals surface area contributed by atoms with E-state index < -0.39 is 6.03 Å². The number of amides is 2. The van der Waals surface area contributed by atoms with Crippen molar-refractivity contribution in [2.45, 2.75) is 12.8 Å². The summed E-state index contributed by atoms with van der Waals surface area (Å²) in [7, 11) is 0. The number of carbonyl (C=O) groups excluding carboxylic acids is 2. The first-order chi connectivity index (χ1) is 9.58. The van der Waals surface area contributed by atoms with Crippen LogP contribution in [0.2, 0.25) is 0 Å². The Morgan fingerprint density at radius 2 is 1.95 bits per heavy atom. The van der Waals surface area contributed by atoms with Gasteiger partial charge in [-0.15, -0.1) is 11.3 Å².